The predicted molar refractivity (Wildman–Crippen MR) is 136 cm³/mol. The molecular weight excluding hydrogens is 452 g/mol. The van der Waals surface area contributed by atoms with Crippen LogP contribution in [0.2, 0.25) is 0 Å². The van der Waals surface area contributed by atoms with Gasteiger partial charge >= 0.3 is 0 Å². The van der Waals surface area contributed by atoms with Gasteiger partial charge in [0, 0.05) is 46.6 Å². The Morgan fingerprint density at radius 1 is 1.08 bits per heavy atom. The summed E-state index contributed by atoms with van der Waals surface area (Å²) in [6.07, 6.45) is 2.45. The molecule has 0 radical (unpaired) electrons. The molecule has 1 aromatic heterocycles. The van der Waals surface area contributed by atoms with Crippen LogP contribution in [0, 0.1) is 0 Å². The van der Waals surface area contributed by atoms with Gasteiger partial charge in [-0.3, -0.25) is 4.79 Å². The molecule has 3 heterocycles. The minimum Gasteiger partial charge on any atom is -0.504 e. The predicted octanol–water partition coefficient (Wildman–Crippen LogP) is 4.64. The molecule has 36 heavy (non-hydrogen) atoms. The zero-order valence-corrected chi connectivity index (χ0v) is 19.9. The third kappa shape index (κ3) is 2.91. The molecule has 1 spiro atoms. The standard InChI is InChI=1S/C30H28N2O4/c33-15-12-22-21-8-4-5-9-23(21)31-26(22)28-30-13-14-32(29(35)18-6-2-1-3-7-18)20(17-30)16-19-10-11-24(34)27(36-28)25(19)30/h1-11,20,28,31,33-34H,12-17H2/t20-,28+,30+/m1/s1. The third-order valence-electron chi connectivity index (χ3n) is 8.51. The molecule has 2 bridgehead atoms. The molecule has 1 fully saturated rings. The van der Waals surface area contributed by atoms with E-state index in [1.165, 1.54) is 0 Å². The lowest BCUT2D eigenvalue weighted by Gasteiger charge is -2.50. The number of aromatic hydroxyl groups is 1. The number of ether oxygens (including phenoxy) is 1. The molecule has 2 aliphatic heterocycles. The van der Waals surface area contributed by atoms with Crippen molar-refractivity contribution in [2.24, 2.45) is 0 Å². The highest BCUT2D eigenvalue weighted by molar-refractivity contribution is 5.94. The van der Waals surface area contributed by atoms with E-state index in [0.717, 1.165) is 52.5 Å². The SMILES string of the molecule is O=C(c1ccccc1)N1CC[C@]23C[C@H]1Cc1ccc(O)c(c12)O[C@H]3c1[nH]c2ccccc2c1CCO. The van der Waals surface area contributed by atoms with Crippen LogP contribution in [0.1, 0.15) is 51.7 Å². The third-order valence-corrected chi connectivity index (χ3v) is 8.51. The Bertz CT molecular complexity index is 1490. The molecule has 6 heteroatoms. The van der Waals surface area contributed by atoms with Crippen molar-refractivity contribution in [3.63, 3.8) is 0 Å². The maximum atomic E-state index is 13.5. The molecule has 1 saturated heterocycles. The van der Waals surface area contributed by atoms with E-state index in [0.29, 0.717) is 24.3 Å². The average Bonchev–Trinajstić information content (AvgIpc) is 3.43. The van der Waals surface area contributed by atoms with Crippen LogP contribution >= 0.6 is 0 Å². The summed E-state index contributed by atoms with van der Waals surface area (Å²) in [4.78, 5) is 19.1. The number of nitrogens with zero attached hydrogens (tertiary/aromatic N) is 1. The molecule has 0 unspecified atom stereocenters. The number of para-hydroxylation sites is 1. The van der Waals surface area contributed by atoms with Crippen LogP contribution in [-0.2, 0) is 18.3 Å². The van der Waals surface area contributed by atoms with E-state index < -0.39 is 0 Å². The van der Waals surface area contributed by atoms with E-state index in [2.05, 4.69) is 11.1 Å². The normalized spacial score (nSPS) is 24.0. The Labute approximate surface area is 209 Å². The Balaban J connectivity index is 1.36. The fourth-order valence-corrected chi connectivity index (χ4v) is 7.02. The van der Waals surface area contributed by atoms with Gasteiger partial charge in [-0.2, -0.15) is 0 Å². The second-order valence-corrected chi connectivity index (χ2v) is 10.3. The van der Waals surface area contributed by atoms with Crippen molar-refractivity contribution in [3.8, 4) is 11.5 Å². The number of aliphatic hydroxyl groups excluding tert-OH is 1. The Hall–Kier alpha value is -3.77. The molecule has 3 aliphatic rings. The van der Waals surface area contributed by atoms with Gasteiger partial charge in [0.1, 0.15) is 6.10 Å². The molecular formula is C30H28N2O4. The number of rotatable bonds is 4. The monoisotopic (exact) mass is 480 g/mol. The summed E-state index contributed by atoms with van der Waals surface area (Å²) in [7, 11) is 0. The van der Waals surface area contributed by atoms with Crippen molar-refractivity contribution < 1.29 is 19.7 Å². The highest BCUT2D eigenvalue weighted by Gasteiger charge is 2.59. The van der Waals surface area contributed by atoms with E-state index in [4.69, 9.17) is 4.74 Å². The van der Waals surface area contributed by atoms with Crippen molar-refractivity contribution in [3.05, 3.63) is 94.7 Å². The molecule has 0 saturated carbocycles. The topological polar surface area (TPSA) is 85.8 Å². The first kappa shape index (κ1) is 21.5. The lowest BCUT2D eigenvalue weighted by molar-refractivity contribution is 0.0247. The first-order valence-corrected chi connectivity index (χ1v) is 12.7. The van der Waals surface area contributed by atoms with Crippen molar-refractivity contribution >= 4 is 16.8 Å². The maximum Gasteiger partial charge on any atom is 0.254 e. The number of carbonyl (C=O) groups is 1. The molecule has 3 atom stereocenters. The number of nitrogens with one attached hydrogen (secondary N) is 1. The molecule has 1 amide bonds. The Morgan fingerprint density at radius 2 is 1.89 bits per heavy atom. The summed E-state index contributed by atoms with van der Waals surface area (Å²) in [5, 5.41) is 21.8. The number of H-pyrrole nitrogens is 1. The van der Waals surface area contributed by atoms with Gasteiger partial charge in [-0.15, -0.1) is 0 Å². The van der Waals surface area contributed by atoms with Crippen LogP contribution < -0.4 is 4.74 Å². The highest BCUT2D eigenvalue weighted by Crippen LogP contribution is 2.63. The first-order chi connectivity index (χ1) is 17.6. The number of aromatic nitrogens is 1. The number of phenolic OH excluding ortho intramolecular Hbond substituents is 1. The summed E-state index contributed by atoms with van der Waals surface area (Å²) in [6.45, 7) is 0.669. The summed E-state index contributed by atoms with van der Waals surface area (Å²) in [5.41, 5.74) is 5.65. The van der Waals surface area contributed by atoms with E-state index in [1.54, 1.807) is 6.07 Å². The Morgan fingerprint density at radius 3 is 2.72 bits per heavy atom. The molecule has 4 aromatic rings. The van der Waals surface area contributed by atoms with Crippen LogP contribution in [0.5, 0.6) is 11.5 Å². The number of hydrogen-bond donors (Lipinski definition) is 3. The van der Waals surface area contributed by atoms with Crippen LogP contribution in [-0.4, -0.2) is 45.2 Å². The van der Waals surface area contributed by atoms with Crippen LogP contribution in [0.15, 0.2) is 66.7 Å². The van der Waals surface area contributed by atoms with E-state index in [-0.39, 0.29) is 35.8 Å². The van der Waals surface area contributed by atoms with Gasteiger partial charge in [-0.1, -0.05) is 42.5 Å². The number of likely N-dealkylation sites (tertiary alicyclic amines) is 1. The number of piperidine rings is 1. The zero-order valence-electron chi connectivity index (χ0n) is 19.9. The van der Waals surface area contributed by atoms with Gasteiger partial charge in [0.05, 0.1) is 5.69 Å². The quantitative estimate of drug-likeness (QED) is 0.397. The minimum absolute atomic E-state index is 0.0417. The van der Waals surface area contributed by atoms with Gasteiger partial charge in [-0.25, -0.2) is 0 Å². The second-order valence-electron chi connectivity index (χ2n) is 10.3. The fourth-order valence-electron chi connectivity index (χ4n) is 7.02. The van der Waals surface area contributed by atoms with Crippen molar-refractivity contribution in [1.29, 1.82) is 0 Å². The number of benzene rings is 3. The zero-order chi connectivity index (χ0) is 24.4. The molecule has 6 nitrogen and oxygen atoms in total. The smallest absolute Gasteiger partial charge is 0.254 e. The van der Waals surface area contributed by atoms with E-state index >= 15 is 0 Å². The number of hydrogen-bond acceptors (Lipinski definition) is 4. The molecule has 3 aromatic carbocycles. The fraction of sp³-hybridized carbons (Fsp3) is 0.300. The van der Waals surface area contributed by atoms with Crippen molar-refractivity contribution in [2.75, 3.05) is 13.2 Å². The largest absolute Gasteiger partial charge is 0.504 e. The molecule has 182 valence electrons. The molecule has 3 N–H and O–H groups in total. The number of amides is 1. The summed E-state index contributed by atoms with van der Waals surface area (Å²) < 4.78 is 6.66. The number of aromatic amines is 1. The van der Waals surface area contributed by atoms with Crippen LogP contribution in [0.25, 0.3) is 10.9 Å². The first-order valence-electron chi connectivity index (χ1n) is 12.7. The Kier molecular flexibility index (Phi) is 4.70. The van der Waals surface area contributed by atoms with Gasteiger partial charge in [-0.05, 0) is 61.1 Å². The lowest BCUT2D eigenvalue weighted by atomic mass is 9.61. The van der Waals surface area contributed by atoms with Crippen molar-refractivity contribution in [1.82, 2.24) is 9.88 Å². The second kappa shape index (κ2) is 7.87. The number of carbonyl (C=O) groups excluding carboxylic acids is 1. The summed E-state index contributed by atoms with van der Waals surface area (Å²) >= 11 is 0. The lowest BCUT2D eigenvalue weighted by Crippen LogP contribution is -2.56. The minimum atomic E-state index is -0.356. The number of fused-ring (bicyclic) bond motifs is 2. The maximum absolute atomic E-state index is 13.5. The van der Waals surface area contributed by atoms with Crippen LogP contribution in [0.4, 0.5) is 0 Å². The van der Waals surface area contributed by atoms with Crippen LogP contribution in [0.3, 0.4) is 0 Å². The van der Waals surface area contributed by atoms with E-state index in [1.807, 2.05) is 59.5 Å². The van der Waals surface area contributed by atoms with Crippen molar-refractivity contribution in [2.45, 2.75) is 43.2 Å². The number of aliphatic hydroxyl groups is 1. The summed E-state index contributed by atoms with van der Waals surface area (Å²) in [5.74, 6) is 0.809. The summed E-state index contributed by atoms with van der Waals surface area (Å²) in [6, 6.07) is 21.4. The highest BCUT2D eigenvalue weighted by atomic mass is 16.5. The molecule has 7 rings (SSSR count). The van der Waals surface area contributed by atoms with Gasteiger partial charge in [0.2, 0.25) is 0 Å². The van der Waals surface area contributed by atoms with Gasteiger partial charge in [0.15, 0.2) is 11.5 Å². The van der Waals surface area contributed by atoms with E-state index in [9.17, 15) is 15.0 Å². The average molecular weight is 481 g/mol. The van der Waals surface area contributed by atoms with Gasteiger partial charge in [0.25, 0.3) is 5.91 Å². The molecule has 1 aliphatic carbocycles. The number of phenols is 1. The van der Waals surface area contributed by atoms with Gasteiger partial charge < -0.3 is 24.8 Å².